The molecule has 21 heavy (non-hydrogen) atoms. The molecule has 0 unspecified atom stereocenters. The molecule has 0 atom stereocenters. The van der Waals surface area contributed by atoms with Crippen LogP contribution in [0.15, 0.2) is 18.3 Å². The first kappa shape index (κ1) is 17.9. The highest BCUT2D eigenvalue weighted by Gasteiger charge is 2.08. The van der Waals surface area contributed by atoms with Crippen LogP contribution in [0, 0.1) is 5.92 Å². The van der Waals surface area contributed by atoms with Crippen LogP contribution in [0.2, 0.25) is 0 Å². The molecule has 4 nitrogen and oxygen atoms in total. The summed E-state index contributed by atoms with van der Waals surface area (Å²) in [6.07, 6.45) is 3.07. The summed E-state index contributed by atoms with van der Waals surface area (Å²) in [5.41, 5.74) is 1.31. The van der Waals surface area contributed by atoms with Crippen molar-refractivity contribution in [1.29, 1.82) is 0 Å². The SMILES string of the molecule is CCCN(CCN(C)C)c1cc(CNCC(C)C)ccn1. The van der Waals surface area contributed by atoms with Crippen molar-refractivity contribution in [2.45, 2.75) is 33.7 Å². The van der Waals surface area contributed by atoms with E-state index in [0.717, 1.165) is 45.0 Å². The molecule has 1 rings (SSSR count). The highest BCUT2D eigenvalue weighted by molar-refractivity contribution is 5.41. The van der Waals surface area contributed by atoms with E-state index in [1.165, 1.54) is 5.56 Å². The molecule has 0 radical (unpaired) electrons. The number of nitrogens with zero attached hydrogens (tertiary/aromatic N) is 3. The minimum atomic E-state index is 0.683. The zero-order valence-corrected chi connectivity index (χ0v) is 14.4. The number of nitrogens with one attached hydrogen (secondary N) is 1. The minimum Gasteiger partial charge on any atom is -0.355 e. The van der Waals surface area contributed by atoms with Crippen LogP contribution in [0.1, 0.15) is 32.8 Å². The molecule has 4 heteroatoms. The number of likely N-dealkylation sites (N-methyl/N-ethyl adjacent to an activating group) is 1. The van der Waals surface area contributed by atoms with Crippen LogP contribution < -0.4 is 10.2 Å². The van der Waals surface area contributed by atoms with Crippen molar-refractivity contribution in [1.82, 2.24) is 15.2 Å². The molecule has 1 N–H and O–H groups in total. The number of hydrogen-bond donors (Lipinski definition) is 1. The topological polar surface area (TPSA) is 31.4 Å². The summed E-state index contributed by atoms with van der Waals surface area (Å²) in [5.74, 6) is 1.78. The van der Waals surface area contributed by atoms with Gasteiger partial charge in [0.15, 0.2) is 0 Å². The van der Waals surface area contributed by atoms with Crippen molar-refractivity contribution >= 4 is 5.82 Å². The highest BCUT2D eigenvalue weighted by atomic mass is 15.2. The monoisotopic (exact) mass is 292 g/mol. The largest absolute Gasteiger partial charge is 0.355 e. The van der Waals surface area contributed by atoms with Crippen molar-refractivity contribution in [3.63, 3.8) is 0 Å². The minimum absolute atomic E-state index is 0.683. The molecule has 0 aromatic carbocycles. The lowest BCUT2D eigenvalue weighted by Gasteiger charge is -2.25. The summed E-state index contributed by atoms with van der Waals surface area (Å²) < 4.78 is 0. The van der Waals surface area contributed by atoms with E-state index >= 15 is 0 Å². The van der Waals surface area contributed by atoms with E-state index < -0.39 is 0 Å². The van der Waals surface area contributed by atoms with Gasteiger partial charge < -0.3 is 15.1 Å². The fourth-order valence-corrected chi connectivity index (χ4v) is 2.18. The Morgan fingerprint density at radius 1 is 1.19 bits per heavy atom. The lowest BCUT2D eigenvalue weighted by Crippen LogP contribution is -2.33. The molecular weight excluding hydrogens is 260 g/mol. The summed E-state index contributed by atoms with van der Waals surface area (Å²) in [5, 5.41) is 3.49. The van der Waals surface area contributed by atoms with Crippen LogP contribution >= 0.6 is 0 Å². The Morgan fingerprint density at radius 2 is 1.95 bits per heavy atom. The Morgan fingerprint density at radius 3 is 2.57 bits per heavy atom. The fraction of sp³-hybridized carbons (Fsp3) is 0.706. The molecular formula is C17H32N4. The van der Waals surface area contributed by atoms with E-state index in [-0.39, 0.29) is 0 Å². The van der Waals surface area contributed by atoms with Gasteiger partial charge in [-0.15, -0.1) is 0 Å². The zero-order chi connectivity index (χ0) is 15.7. The lowest BCUT2D eigenvalue weighted by atomic mass is 10.2. The molecule has 120 valence electrons. The van der Waals surface area contributed by atoms with Gasteiger partial charge in [0.1, 0.15) is 5.82 Å². The van der Waals surface area contributed by atoms with Crippen molar-refractivity contribution in [2.24, 2.45) is 5.92 Å². The van der Waals surface area contributed by atoms with Crippen molar-refractivity contribution < 1.29 is 0 Å². The third-order valence-electron chi connectivity index (χ3n) is 3.33. The molecule has 0 aliphatic rings. The van der Waals surface area contributed by atoms with Crippen LogP contribution in [-0.2, 0) is 6.54 Å². The first-order valence-corrected chi connectivity index (χ1v) is 8.08. The second-order valence-electron chi connectivity index (χ2n) is 6.34. The zero-order valence-electron chi connectivity index (χ0n) is 14.4. The number of aromatic nitrogens is 1. The Labute approximate surface area is 130 Å². The third kappa shape index (κ3) is 7.44. The van der Waals surface area contributed by atoms with E-state index in [0.29, 0.717) is 5.92 Å². The van der Waals surface area contributed by atoms with E-state index in [2.05, 4.69) is 67.1 Å². The van der Waals surface area contributed by atoms with Gasteiger partial charge in [0.25, 0.3) is 0 Å². The van der Waals surface area contributed by atoms with Crippen LogP contribution in [0.3, 0.4) is 0 Å². The molecule has 0 bridgehead atoms. The average Bonchev–Trinajstić information content (AvgIpc) is 2.43. The van der Waals surface area contributed by atoms with Crippen molar-refractivity contribution in [3.05, 3.63) is 23.9 Å². The highest BCUT2D eigenvalue weighted by Crippen LogP contribution is 2.13. The van der Waals surface area contributed by atoms with Gasteiger partial charge in [0.05, 0.1) is 0 Å². The van der Waals surface area contributed by atoms with Gasteiger partial charge in [-0.05, 0) is 50.7 Å². The van der Waals surface area contributed by atoms with E-state index in [4.69, 9.17) is 0 Å². The van der Waals surface area contributed by atoms with Crippen LogP contribution in [0.25, 0.3) is 0 Å². The molecule has 1 aromatic rings. The van der Waals surface area contributed by atoms with Gasteiger partial charge in [0.2, 0.25) is 0 Å². The van der Waals surface area contributed by atoms with E-state index in [1.54, 1.807) is 0 Å². The molecule has 0 spiro atoms. The van der Waals surface area contributed by atoms with Crippen molar-refractivity contribution in [2.75, 3.05) is 45.2 Å². The maximum atomic E-state index is 4.56. The quantitative estimate of drug-likeness (QED) is 0.718. The predicted molar refractivity (Wildman–Crippen MR) is 91.8 cm³/mol. The normalized spacial score (nSPS) is 11.4. The third-order valence-corrected chi connectivity index (χ3v) is 3.33. The van der Waals surface area contributed by atoms with Gasteiger partial charge in [-0.1, -0.05) is 20.8 Å². The van der Waals surface area contributed by atoms with E-state index in [9.17, 15) is 0 Å². The molecule has 0 aliphatic carbocycles. The molecule has 0 saturated heterocycles. The first-order valence-electron chi connectivity index (χ1n) is 8.08. The second kappa shape index (κ2) is 9.74. The summed E-state index contributed by atoms with van der Waals surface area (Å²) in [7, 11) is 4.23. The van der Waals surface area contributed by atoms with Gasteiger partial charge in [-0.3, -0.25) is 0 Å². The number of pyridine rings is 1. The Bertz CT molecular complexity index is 390. The van der Waals surface area contributed by atoms with Gasteiger partial charge in [-0.25, -0.2) is 4.98 Å². The first-order chi connectivity index (χ1) is 10.0. The van der Waals surface area contributed by atoms with Gasteiger partial charge >= 0.3 is 0 Å². The molecule has 1 heterocycles. The predicted octanol–water partition coefficient (Wildman–Crippen LogP) is 2.61. The Kier molecular flexibility index (Phi) is 8.31. The van der Waals surface area contributed by atoms with Crippen LogP contribution in [-0.4, -0.2) is 50.2 Å². The molecule has 0 amide bonds. The van der Waals surface area contributed by atoms with Crippen LogP contribution in [0.4, 0.5) is 5.82 Å². The number of rotatable bonds is 10. The Hall–Kier alpha value is -1.13. The van der Waals surface area contributed by atoms with Gasteiger partial charge in [-0.2, -0.15) is 0 Å². The standard InChI is InChI=1S/C17H32N4/c1-6-9-21(11-10-20(4)5)17-12-16(7-8-19-17)14-18-13-15(2)3/h7-8,12,15,18H,6,9-11,13-14H2,1-5H3. The van der Waals surface area contributed by atoms with Crippen LogP contribution in [0.5, 0.6) is 0 Å². The summed E-state index contributed by atoms with van der Waals surface area (Å²) in [6.45, 7) is 11.8. The number of hydrogen-bond acceptors (Lipinski definition) is 4. The smallest absolute Gasteiger partial charge is 0.128 e. The maximum absolute atomic E-state index is 4.56. The lowest BCUT2D eigenvalue weighted by molar-refractivity contribution is 0.412. The maximum Gasteiger partial charge on any atom is 0.128 e. The summed E-state index contributed by atoms with van der Waals surface area (Å²) >= 11 is 0. The Balaban J connectivity index is 2.65. The van der Waals surface area contributed by atoms with Crippen molar-refractivity contribution in [3.8, 4) is 0 Å². The molecule has 1 aromatic heterocycles. The number of anilines is 1. The fourth-order valence-electron chi connectivity index (χ4n) is 2.18. The molecule has 0 aliphatic heterocycles. The average molecular weight is 292 g/mol. The summed E-state index contributed by atoms with van der Waals surface area (Å²) in [6, 6.07) is 4.32. The van der Waals surface area contributed by atoms with Gasteiger partial charge in [0, 0.05) is 32.4 Å². The second-order valence-corrected chi connectivity index (χ2v) is 6.34. The van der Waals surface area contributed by atoms with E-state index in [1.807, 2.05) is 6.20 Å². The summed E-state index contributed by atoms with van der Waals surface area (Å²) in [4.78, 5) is 9.16. The molecule has 0 fully saturated rings. The molecule has 0 saturated carbocycles.